The van der Waals surface area contributed by atoms with Crippen LogP contribution in [0.25, 0.3) is 5.65 Å². The van der Waals surface area contributed by atoms with Crippen LogP contribution in [-0.2, 0) is 11.2 Å². The van der Waals surface area contributed by atoms with Crippen molar-refractivity contribution in [2.45, 2.75) is 50.1 Å². The molecule has 0 spiro atoms. The second-order valence-corrected chi connectivity index (χ2v) is 8.41. The molecule has 1 aliphatic heterocycles. The molecular formula is C21H25N5O2S. The van der Waals surface area contributed by atoms with E-state index in [1.807, 2.05) is 31.2 Å². The van der Waals surface area contributed by atoms with Crippen LogP contribution in [0, 0.1) is 6.92 Å². The minimum atomic E-state index is 0.174. The molecule has 1 saturated heterocycles. The van der Waals surface area contributed by atoms with E-state index in [4.69, 9.17) is 0 Å². The number of piperidine rings is 1. The Balaban J connectivity index is 1.36. The maximum atomic E-state index is 12.9. The van der Waals surface area contributed by atoms with Crippen LogP contribution in [0.2, 0.25) is 0 Å². The fraction of sp³-hybridized carbons (Fsp3) is 0.429. The fourth-order valence-corrected chi connectivity index (χ4v) is 4.54. The molecule has 7 nitrogen and oxygen atoms in total. The van der Waals surface area contributed by atoms with Crippen LogP contribution in [0.1, 0.15) is 37.1 Å². The molecule has 1 aliphatic rings. The molecule has 2 aromatic heterocycles. The number of aromatic hydroxyl groups is 1. The maximum Gasteiger partial charge on any atom is 0.233 e. The van der Waals surface area contributed by atoms with Gasteiger partial charge in [-0.3, -0.25) is 4.79 Å². The number of aryl methyl sites for hydroxylation is 2. The SMILES string of the molecule is Cc1nnc2ccc(SCC(=O)N3CCCC[C@@H]3CCc3ccc(O)cc3)nn12. The third-order valence-corrected chi connectivity index (χ3v) is 6.29. The Bertz CT molecular complexity index is 988. The highest BCUT2D eigenvalue weighted by Gasteiger charge is 2.26. The summed E-state index contributed by atoms with van der Waals surface area (Å²) in [6.07, 6.45) is 5.15. The third-order valence-electron chi connectivity index (χ3n) is 5.39. The number of hydrogen-bond acceptors (Lipinski definition) is 6. The van der Waals surface area contributed by atoms with Crippen LogP contribution in [0.15, 0.2) is 41.4 Å². The highest BCUT2D eigenvalue weighted by atomic mass is 32.2. The minimum absolute atomic E-state index is 0.174. The van der Waals surface area contributed by atoms with Gasteiger partial charge in [0.15, 0.2) is 11.5 Å². The first-order valence-corrected chi connectivity index (χ1v) is 11.0. The van der Waals surface area contributed by atoms with Crippen molar-refractivity contribution in [3.8, 4) is 5.75 Å². The summed E-state index contributed by atoms with van der Waals surface area (Å²) >= 11 is 1.46. The number of carbonyl (C=O) groups is 1. The molecule has 1 fully saturated rings. The van der Waals surface area contributed by atoms with Gasteiger partial charge in [-0.1, -0.05) is 23.9 Å². The Morgan fingerprint density at radius 3 is 2.83 bits per heavy atom. The summed E-state index contributed by atoms with van der Waals surface area (Å²) in [5, 5.41) is 22.8. The molecular weight excluding hydrogens is 386 g/mol. The van der Waals surface area contributed by atoms with Gasteiger partial charge in [0.2, 0.25) is 5.91 Å². The van der Waals surface area contributed by atoms with Gasteiger partial charge in [0, 0.05) is 12.6 Å². The van der Waals surface area contributed by atoms with Crippen LogP contribution in [0.5, 0.6) is 5.75 Å². The third kappa shape index (κ3) is 4.70. The molecule has 152 valence electrons. The monoisotopic (exact) mass is 411 g/mol. The molecule has 29 heavy (non-hydrogen) atoms. The number of benzene rings is 1. The van der Waals surface area contributed by atoms with Crippen molar-refractivity contribution < 1.29 is 9.90 Å². The van der Waals surface area contributed by atoms with E-state index in [1.54, 1.807) is 16.6 Å². The second kappa shape index (κ2) is 8.82. The molecule has 0 saturated carbocycles. The topological polar surface area (TPSA) is 83.6 Å². The van der Waals surface area contributed by atoms with E-state index in [-0.39, 0.29) is 17.7 Å². The van der Waals surface area contributed by atoms with E-state index in [0.29, 0.717) is 11.4 Å². The predicted octanol–water partition coefficient (Wildman–Crippen LogP) is 3.24. The largest absolute Gasteiger partial charge is 0.508 e. The summed E-state index contributed by atoms with van der Waals surface area (Å²) in [5.41, 5.74) is 1.90. The van der Waals surface area contributed by atoms with Crippen molar-refractivity contribution in [3.63, 3.8) is 0 Å². The van der Waals surface area contributed by atoms with Crippen LogP contribution in [0.4, 0.5) is 0 Å². The van der Waals surface area contributed by atoms with Gasteiger partial charge >= 0.3 is 0 Å². The number of rotatable bonds is 6. The van der Waals surface area contributed by atoms with Crippen molar-refractivity contribution in [3.05, 3.63) is 47.8 Å². The Morgan fingerprint density at radius 2 is 2.00 bits per heavy atom. The molecule has 3 heterocycles. The average molecular weight is 412 g/mol. The molecule has 3 aromatic rings. The van der Waals surface area contributed by atoms with Crippen molar-refractivity contribution in [1.29, 1.82) is 0 Å². The zero-order chi connectivity index (χ0) is 20.2. The second-order valence-electron chi connectivity index (χ2n) is 7.42. The van der Waals surface area contributed by atoms with E-state index in [9.17, 15) is 9.90 Å². The minimum Gasteiger partial charge on any atom is -0.508 e. The van der Waals surface area contributed by atoms with E-state index < -0.39 is 0 Å². The van der Waals surface area contributed by atoms with E-state index in [0.717, 1.165) is 43.1 Å². The number of fused-ring (bicyclic) bond motifs is 1. The number of thioether (sulfide) groups is 1. The zero-order valence-electron chi connectivity index (χ0n) is 16.5. The zero-order valence-corrected chi connectivity index (χ0v) is 17.3. The molecule has 1 atom stereocenters. The fourth-order valence-electron chi connectivity index (χ4n) is 3.80. The highest BCUT2D eigenvalue weighted by Crippen LogP contribution is 2.24. The smallest absolute Gasteiger partial charge is 0.233 e. The lowest BCUT2D eigenvalue weighted by Crippen LogP contribution is -2.44. The molecule has 0 unspecified atom stereocenters. The molecule has 1 N–H and O–H groups in total. The molecule has 8 heteroatoms. The Morgan fingerprint density at radius 1 is 1.17 bits per heavy atom. The number of amides is 1. The number of carbonyl (C=O) groups excluding carboxylic acids is 1. The van der Waals surface area contributed by atoms with E-state index in [2.05, 4.69) is 20.2 Å². The van der Waals surface area contributed by atoms with Gasteiger partial charge in [0.1, 0.15) is 10.8 Å². The number of phenols is 1. The van der Waals surface area contributed by atoms with Gasteiger partial charge in [-0.15, -0.1) is 10.2 Å². The Kier molecular flexibility index (Phi) is 5.99. The van der Waals surface area contributed by atoms with E-state index in [1.165, 1.54) is 23.7 Å². The molecule has 0 aliphatic carbocycles. The van der Waals surface area contributed by atoms with Crippen molar-refractivity contribution in [2.75, 3.05) is 12.3 Å². The first-order valence-electron chi connectivity index (χ1n) is 9.99. The van der Waals surface area contributed by atoms with Gasteiger partial charge in [0.25, 0.3) is 0 Å². The normalized spacial score (nSPS) is 17.0. The first kappa shape index (κ1) is 19.7. The number of hydrogen-bond donors (Lipinski definition) is 1. The van der Waals surface area contributed by atoms with Crippen LogP contribution in [-0.4, -0.2) is 54.1 Å². The number of nitrogens with zero attached hydrogens (tertiary/aromatic N) is 5. The standard InChI is InChI=1S/C21H25N5O2S/c1-15-22-23-19-11-12-20(24-26(15)19)29-14-21(28)25-13-3-2-4-17(25)8-5-16-6-9-18(27)10-7-16/h6-7,9-12,17,27H,2-5,8,13-14H2,1H3/t17-/m1/s1. The summed E-state index contributed by atoms with van der Waals surface area (Å²) in [4.78, 5) is 15.0. The first-order chi connectivity index (χ1) is 14.1. The predicted molar refractivity (Wildman–Crippen MR) is 112 cm³/mol. The van der Waals surface area contributed by atoms with Crippen LogP contribution in [0.3, 0.4) is 0 Å². The van der Waals surface area contributed by atoms with Gasteiger partial charge < -0.3 is 10.0 Å². The summed E-state index contributed by atoms with van der Waals surface area (Å²) in [7, 11) is 0. The lowest BCUT2D eigenvalue weighted by atomic mass is 9.96. The molecule has 0 radical (unpaired) electrons. The highest BCUT2D eigenvalue weighted by molar-refractivity contribution is 7.99. The van der Waals surface area contributed by atoms with E-state index >= 15 is 0 Å². The maximum absolute atomic E-state index is 12.9. The van der Waals surface area contributed by atoms with Crippen molar-refractivity contribution in [1.82, 2.24) is 24.7 Å². The number of phenolic OH excluding ortho intramolecular Hbond substituents is 1. The average Bonchev–Trinajstić information content (AvgIpc) is 3.12. The molecule has 1 amide bonds. The molecule has 4 rings (SSSR count). The summed E-state index contributed by atoms with van der Waals surface area (Å²) < 4.78 is 1.70. The van der Waals surface area contributed by atoms with Gasteiger partial charge in [-0.05, 0) is 68.9 Å². The van der Waals surface area contributed by atoms with Crippen molar-refractivity contribution >= 4 is 23.3 Å². The lowest BCUT2D eigenvalue weighted by Gasteiger charge is -2.36. The Labute approximate surface area is 174 Å². The lowest BCUT2D eigenvalue weighted by molar-refractivity contribution is -0.132. The quantitative estimate of drug-likeness (QED) is 0.627. The van der Waals surface area contributed by atoms with Crippen LogP contribution < -0.4 is 0 Å². The number of likely N-dealkylation sites (tertiary alicyclic amines) is 1. The summed E-state index contributed by atoms with van der Waals surface area (Å²) in [6.45, 7) is 2.69. The van der Waals surface area contributed by atoms with Gasteiger partial charge in [-0.25, -0.2) is 0 Å². The van der Waals surface area contributed by atoms with Crippen LogP contribution >= 0.6 is 11.8 Å². The van der Waals surface area contributed by atoms with Crippen molar-refractivity contribution in [2.24, 2.45) is 0 Å². The molecule has 1 aromatic carbocycles. The Hall–Kier alpha value is -2.61. The van der Waals surface area contributed by atoms with Gasteiger partial charge in [-0.2, -0.15) is 9.61 Å². The summed E-state index contributed by atoms with van der Waals surface area (Å²) in [5.74, 6) is 1.58. The van der Waals surface area contributed by atoms with Gasteiger partial charge in [0.05, 0.1) is 5.75 Å². The number of aromatic nitrogens is 4. The summed E-state index contributed by atoms with van der Waals surface area (Å²) in [6, 6.07) is 11.4. The molecule has 0 bridgehead atoms.